The highest BCUT2D eigenvalue weighted by Crippen LogP contribution is 2.29. The van der Waals surface area contributed by atoms with Gasteiger partial charge < -0.3 is 20.6 Å². The lowest BCUT2D eigenvalue weighted by Crippen LogP contribution is -2.50. The molecule has 1 aliphatic heterocycles. The molecule has 0 saturated carbocycles. The fourth-order valence-electron chi connectivity index (χ4n) is 2.62. The Labute approximate surface area is 109 Å². The van der Waals surface area contributed by atoms with Crippen molar-refractivity contribution in [2.75, 3.05) is 31.6 Å². The van der Waals surface area contributed by atoms with Gasteiger partial charge in [0.25, 0.3) is 0 Å². The van der Waals surface area contributed by atoms with E-state index in [-0.39, 0.29) is 6.04 Å². The lowest BCUT2D eigenvalue weighted by atomic mass is 10.1. The van der Waals surface area contributed by atoms with Crippen LogP contribution in [0.1, 0.15) is 25.5 Å². The molecule has 4 nitrogen and oxygen atoms in total. The second-order valence-corrected chi connectivity index (χ2v) is 5.34. The predicted octanol–water partition coefficient (Wildman–Crippen LogP) is 1.55. The van der Waals surface area contributed by atoms with Gasteiger partial charge in [0.2, 0.25) is 0 Å². The molecule has 0 bridgehead atoms. The van der Waals surface area contributed by atoms with Crippen LogP contribution in [0, 0.1) is 0 Å². The summed E-state index contributed by atoms with van der Waals surface area (Å²) >= 11 is 0. The fraction of sp³-hybridized carbons (Fsp3) is 0.571. The first kappa shape index (κ1) is 13.2. The Morgan fingerprint density at radius 3 is 2.67 bits per heavy atom. The zero-order chi connectivity index (χ0) is 13.3. The summed E-state index contributed by atoms with van der Waals surface area (Å²) < 4.78 is 0. The van der Waals surface area contributed by atoms with E-state index < -0.39 is 0 Å². The number of benzene rings is 1. The van der Waals surface area contributed by atoms with E-state index in [0.717, 1.165) is 30.9 Å². The summed E-state index contributed by atoms with van der Waals surface area (Å²) in [5.41, 5.74) is 7.70. The number of likely N-dealkylation sites (N-methyl/N-ethyl adjacent to an activating group) is 1. The molecule has 4 heteroatoms. The molecular formula is C14H23N3O. The third kappa shape index (κ3) is 2.60. The molecule has 1 saturated heterocycles. The summed E-state index contributed by atoms with van der Waals surface area (Å²) in [6.07, 6.45) is 0. The minimum absolute atomic E-state index is 0.135. The van der Waals surface area contributed by atoms with Gasteiger partial charge in [-0.2, -0.15) is 0 Å². The zero-order valence-corrected chi connectivity index (χ0v) is 11.4. The normalized spacial score (nSPS) is 23.1. The lowest BCUT2D eigenvalue weighted by molar-refractivity contribution is 0.275. The van der Waals surface area contributed by atoms with Crippen molar-refractivity contribution < 1.29 is 5.11 Å². The van der Waals surface area contributed by atoms with Crippen molar-refractivity contribution in [3.05, 3.63) is 23.8 Å². The summed E-state index contributed by atoms with van der Waals surface area (Å²) in [6, 6.07) is 6.15. The largest absolute Gasteiger partial charge is 0.508 e. The smallest absolute Gasteiger partial charge is 0.122 e. The van der Waals surface area contributed by atoms with Crippen LogP contribution in [-0.2, 0) is 0 Å². The van der Waals surface area contributed by atoms with Gasteiger partial charge in [0.15, 0.2) is 0 Å². The van der Waals surface area contributed by atoms with Gasteiger partial charge in [0.05, 0.1) is 0 Å². The predicted molar refractivity (Wildman–Crippen MR) is 75.0 cm³/mol. The molecule has 1 aromatic rings. The van der Waals surface area contributed by atoms with Gasteiger partial charge in [-0.15, -0.1) is 0 Å². The minimum atomic E-state index is -0.135. The van der Waals surface area contributed by atoms with Crippen molar-refractivity contribution >= 4 is 5.69 Å². The van der Waals surface area contributed by atoms with Crippen molar-refractivity contribution in [1.29, 1.82) is 0 Å². The summed E-state index contributed by atoms with van der Waals surface area (Å²) in [4.78, 5) is 4.67. The summed E-state index contributed by atoms with van der Waals surface area (Å²) in [5.74, 6) is 0.300. The molecule has 1 aromatic carbocycles. The number of piperazine rings is 1. The molecule has 0 radical (unpaired) electrons. The Bertz CT molecular complexity index is 420. The molecule has 0 spiro atoms. The van der Waals surface area contributed by atoms with Crippen LogP contribution in [0.2, 0.25) is 0 Å². The monoisotopic (exact) mass is 249 g/mol. The first-order valence-corrected chi connectivity index (χ1v) is 6.52. The third-order valence-corrected chi connectivity index (χ3v) is 3.67. The van der Waals surface area contributed by atoms with E-state index in [1.54, 1.807) is 0 Å². The second kappa shape index (κ2) is 5.16. The van der Waals surface area contributed by atoms with E-state index in [1.807, 2.05) is 19.1 Å². The van der Waals surface area contributed by atoms with E-state index in [9.17, 15) is 5.11 Å². The van der Waals surface area contributed by atoms with Crippen molar-refractivity contribution in [3.8, 4) is 5.75 Å². The van der Waals surface area contributed by atoms with Crippen molar-refractivity contribution in [1.82, 2.24) is 4.90 Å². The molecule has 0 amide bonds. The van der Waals surface area contributed by atoms with Crippen molar-refractivity contribution in [2.24, 2.45) is 5.73 Å². The standard InChI is InChI=1S/C14H23N3O/c1-10-9-16(3)6-7-17(10)12-4-5-13(11(2)15)14(18)8-12/h4-5,8,10-11,18H,6-7,9,15H2,1-3H3. The van der Waals surface area contributed by atoms with Crippen LogP contribution in [0.25, 0.3) is 0 Å². The van der Waals surface area contributed by atoms with E-state index >= 15 is 0 Å². The number of hydrogen-bond donors (Lipinski definition) is 2. The molecule has 3 N–H and O–H groups in total. The molecule has 0 aromatic heterocycles. The zero-order valence-electron chi connectivity index (χ0n) is 11.4. The van der Waals surface area contributed by atoms with Crippen molar-refractivity contribution in [2.45, 2.75) is 25.9 Å². The quantitative estimate of drug-likeness (QED) is 0.835. The first-order chi connectivity index (χ1) is 8.49. The second-order valence-electron chi connectivity index (χ2n) is 5.34. The van der Waals surface area contributed by atoms with Gasteiger partial charge in [-0.05, 0) is 27.0 Å². The molecule has 1 fully saturated rings. The van der Waals surface area contributed by atoms with Crippen molar-refractivity contribution in [3.63, 3.8) is 0 Å². The number of phenolic OH excluding ortho intramolecular Hbond substituents is 1. The van der Waals surface area contributed by atoms with Crippen LogP contribution in [0.3, 0.4) is 0 Å². The van der Waals surface area contributed by atoms with Crippen LogP contribution >= 0.6 is 0 Å². The Balaban J connectivity index is 2.21. The van der Waals surface area contributed by atoms with E-state index in [2.05, 4.69) is 29.8 Å². The first-order valence-electron chi connectivity index (χ1n) is 6.52. The van der Waals surface area contributed by atoms with Gasteiger partial charge in [-0.1, -0.05) is 6.07 Å². The number of anilines is 1. The Hall–Kier alpha value is -1.26. The average Bonchev–Trinajstić information content (AvgIpc) is 2.28. The molecule has 100 valence electrons. The SMILES string of the molecule is CC(N)c1ccc(N2CCN(C)CC2C)cc1O. The van der Waals surface area contributed by atoms with Crippen LogP contribution < -0.4 is 10.6 Å². The molecule has 1 aliphatic rings. The van der Waals surface area contributed by atoms with Crippen LogP contribution in [-0.4, -0.2) is 42.7 Å². The minimum Gasteiger partial charge on any atom is -0.508 e. The van der Waals surface area contributed by atoms with E-state index in [1.165, 1.54) is 0 Å². The van der Waals surface area contributed by atoms with Gasteiger partial charge in [-0.25, -0.2) is 0 Å². The maximum atomic E-state index is 10.0. The number of phenols is 1. The number of aromatic hydroxyl groups is 1. The number of nitrogens with two attached hydrogens (primary N) is 1. The molecular weight excluding hydrogens is 226 g/mol. The summed E-state index contributed by atoms with van der Waals surface area (Å²) in [6.45, 7) is 7.20. The molecule has 2 unspecified atom stereocenters. The van der Waals surface area contributed by atoms with Gasteiger partial charge >= 0.3 is 0 Å². The van der Waals surface area contributed by atoms with Crippen LogP contribution in [0.5, 0.6) is 5.75 Å². The maximum absolute atomic E-state index is 10.0. The highest BCUT2D eigenvalue weighted by molar-refractivity contribution is 5.55. The number of rotatable bonds is 2. The topological polar surface area (TPSA) is 52.7 Å². The number of hydrogen-bond acceptors (Lipinski definition) is 4. The fourth-order valence-corrected chi connectivity index (χ4v) is 2.62. The van der Waals surface area contributed by atoms with Gasteiger partial charge in [0.1, 0.15) is 5.75 Å². The lowest BCUT2D eigenvalue weighted by Gasteiger charge is -2.40. The highest BCUT2D eigenvalue weighted by Gasteiger charge is 2.22. The van der Waals surface area contributed by atoms with Gasteiger partial charge in [0, 0.05) is 49.0 Å². The summed E-state index contributed by atoms with van der Waals surface area (Å²) in [7, 11) is 2.14. The Morgan fingerprint density at radius 1 is 1.39 bits per heavy atom. The maximum Gasteiger partial charge on any atom is 0.122 e. The molecule has 2 atom stereocenters. The molecule has 0 aliphatic carbocycles. The Kier molecular flexibility index (Phi) is 3.78. The summed E-state index contributed by atoms with van der Waals surface area (Å²) in [5, 5.41) is 10.0. The average molecular weight is 249 g/mol. The highest BCUT2D eigenvalue weighted by atomic mass is 16.3. The number of nitrogens with zero attached hydrogens (tertiary/aromatic N) is 2. The molecule has 2 rings (SSSR count). The van der Waals surface area contributed by atoms with E-state index in [4.69, 9.17) is 5.73 Å². The van der Waals surface area contributed by atoms with Crippen LogP contribution in [0.15, 0.2) is 18.2 Å². The third-order valence-electron chi connectivity index (χ3n) is 3.67. The molecule has 18 heavy (non-hydrogen) atoms. The van der Waals surface area contributed by atoms with Gasteiger partial charge in [-0.3, -0.25) is 0 Å². The van der Waals surface area contributed by atoms with Crippen LogP contribution in [0.4, 0.5) is 5.69 Å². The molecule has 1 heterocycles. The van der Waals surface area contributed by atoms with E-state index in [0.29, 0.717) is 11.8 Å². The Morgan fingerprint density at radius 2 is 2.11 bits per heavy atom.